The molecule has 0 unspecified atom stereocenters. The summed E-state index contributed by atoms with van der Waals surface area (Å²) in [7, 11) is 7.06. The Bertz CT molecular complexity index is 2400. The Hall–Kier alpha value is -3.84. The number of aromatic carboxylic acids is 1. The number of nitrogens with zero attached hydrogens (tertiary/aromatic N) is 3. The summed E-state index contributed by atoms with van der Waals surface area (Å²) in [6.07, 6.45) is -6.24. The van der Waals surface area contributed by atoms with E-state index in [1.165, 1.54) is 20.2 Å². The molecule has 0 saturated carbocycles. The molecule has 0 aliphatic carbocycles. The number of cyclic esters (lactones) is 1. The standard InChI is InChI=1S/C56H90N4O17/c1-15-41-56(10,69)48(64)34(6)59(13)28-30(2)26-54(8,68)49(77-53-46(63)40(58(11)12)23-31(3)72-53)32(4)47(33(5)52(67)74-41)76-43-27-55(9,70-14)50(35(7)73-43)75-42(61)18-19-57-20-22-71-37-24-36-17-16-21-60-29-39(51(65)66)45(62)38(25-37)44(36)60/h24-25,29-35,40-41,43,46-50,53,57,63-64,68-69H,15-23,26-28H2,1-14H3,(H,65,66)/t30-,31+,32+,33+,34+,35-,40-,41-,43+,46-,47+,48+,49-,50+,53-,54+,55-,56+/m0/s1. The Kier molecular flexibility index (Phi) is 20.8. The number of pyridine rings is 1. The number of ether oxygens (including phenoxy) is 8. The Morgan fingerprint density at radius 2 is 1.66 bits per heavy atom. The van der Waals surface area contributed by atoms with Crippen LogP contribution in [0.2, 0.25) is 0 Å². The molecular weight excluding hydrogens is 1000 g/mol. The van der Waals surface area contributed by atoms with Crippen LogP contribution in [0.4, 0.5) is 0 Å². The van der Waals surface area contributed by atoms with Gasteiger partial charge in [0.25, 0.3) is 0 Å². The number of rotatable bonds is 16. The number of carbonyl (C=O) groups is 3. The highest BCUT2D eigenvalue weighted by Gasteiger charge is 2.54. The van der Waals surface area contributed by atoms with E-state index >= 15 is 0 Å². The number of esters is 2. The lowest BCUT2D eigenvalue weighted by Crippen LogP contribution is -2.61. The van der Waals surface area contributed by atoms with Crippen molar-refractivity contribution in [2.45, 2.75) is 211 Å². The Labute approximate surface area is 453 Å². The molecule has 3 saturated heterocycles. The lowest BCUT2D eigenvalue weighted by molar-refractivity contribution is -0.318. The van der Waals surface area contributed by atoms with E-state index < -0.39 is 113 Å². The molecule has 77 heavy (non-hydrogen) atoms. The first-order valence-corrected chi connectivity index (χ1v) is 27.6. The summed E-state index contributed by atoms with van der Waals surface area (Å²) in [6.45, 7) is 19.3. The fourth-order valence-electron chi connectivity index (χ4n) is 12.3. The number of likely N-dealkylation sites (N-methyl/N-ethyl adjacent to an activating group) is 2. The number of carboxylic acids is 1. The molecule has 1 aromatic carbocycles. The smallest absolute Gasteiger partial charge is 0.341 e. The van der Waals surface area contributed by atoms with E-state index in [4.69, 9.17) is 37.9 Å². The minimum Gasteiger partial charge on any atom is -0.492 e. The van der Waals surface area contributed by atoms with Crippen molar-refractivity contribution >= 4 is 28.8 Å². The van der Waals surface area contributed by atoms with Crippen molar-refractivity contribution in [1.82, 2.24) is 19.7 Å². The Morgan fingerprint density at radius 1 is 0.961 bits per heavy atom. The third kappa shape index (κ3) is 14.2. The summed E-state index contributed by atoms with van der Waals surface area (Å²) < 4.78 is 52.7. The number of hydrogen-bond acceptors (Lipinski definition) is 19. The van der Waals surface area contributed by atoms with Gasteiger partial charge in [0, 0.05) is 63.9 Å². The fourth-order valence-corrected chi connectivity index (χ4v) is 12.3. The van der Waals surface area contributed by atoms with Crippen LogP contribution in [0.1, 0.15) is 124 Å². The average Bonchev–Trinajstić information content (AvgIpc) is 3.41. The summed E-state index contributed by atoms with van der Waals surface area (Å²) in [4.78, 5) is 56.8. The number of aromatic nitrogens is 1. The predicted octanol–water partition coefficient (Wildman–Crippen LogP) is 3.47. The van der Waals surface area contributed by atoms with Gasteiger partial charge in [-0.2, -0.15) is 0 Å². The third-order valence-electron chi connectivity index (χ3n) is 16.8. The molecule has 436 valence electrons. The molecule has 18 atom stereocenters. The van der Waals surface area contributed by atoms with Crippen LogP contribution in [0.3, 0.4) is 0 Å². The third-order valence-corrected chi connectivity index (χ3v) is 16.8. The maximum Gasteiger partial charge on any atom is 0.341 e. The maximum atomic E-state index is 14.6. The zero-order valence-corrected chi connectivity index (χ0v) is 47.9. The van der Waals surface area contributed by atoms with E-state index in [0.29, 0.717) is 37.2 Å². The molecule has 0 spiro atoms. The first-order chi connectivity index (χ1) is 36.0. The van der Waals surface area contributed by atoms with E-state index in [1.54, 1.807) is 54.5 Å². The molecular formula is C56H90N4O17. The van der Waals surface area contributed by atoms with Gasteiger partial charge < -0.3 is 83.1 Å². The van der Waals surface area contributed by atoms with Crippen molar-refractivity contribution in [3.05, 3.63) is 39.7 Å². The van der Waals surface area contributed by atoms with E-state index in [-0.39, 0.29) is 62.5 Å². The highest BCUT2D eigenvalue weighted by Crippen LogP contribution is 2.41. The van der Waals surface area contributed by atoms with Crippen LogP contribution in [-0.2, 0) is 55.7 Å². The normalized spacial score (nSPS) is 37.9. The van der Waals surface area contributed by atoms with Crippen LogP contribution in [0.25, 0.3) is 10.9 Å². The number of benzene rings is 1. The molecule has 21 heteroatoms. The molecule has 0 amide bonds. The van der Waals surface area contributed by atoms with Crippen molar-refractivity contribution in [1.29, 1.82) is 0 Å². The topological polar surface area (TPSA) is 267 Å². The van der Waals surface area contributed by atoms with Gasteiger partial charge in [-0.1, -0.05) is 20.8 Å². The Balaban J connectivity index is 1.18. The quantitative estimate of drug-likeness (QED) is 0.104. The van der Waals surface area contributed by atoms with Crippen molar-refractivity contribution in [3.8, 4) is 5.75 Å². The van der Waals surface area contributed by atoms with Crippen LogP contribution < -0.4 is 15.5 Å². The summed E-state index contributed by atoms with van der Waals surface area (Å²) >= 11 is 0. The summed E-state index contributed by atoms with van der Waals surface area (Å²) in [6, 6.07) is 2.54. The number of carbonyl (C=O) groups excluding carboxylic acids is 2. The number of hydrogen-bond donors (Lipinski definition) is 6. The van der Waals surface area contributed by atoms with E-state index in [2.05, 4.69) is 5.32 Å². The minimum atomic E-state index is -1.87. The minimum absolute atomic E-state index is 0.00887. The number of aryl methyl sites for hydroxylation is 2. The first kappa shape index (κ1) is 62.4. The van der Waals surface area contributed by atoms with Gasteiger partial charge in [0.2, 0.25) is 5.43 Å². The van der Waals surface area contributed by atoms with E-state index in [1.807, 2.05) is 55.4 Å². The molecule has 4 aliphatic rings. The van der Waals surface area contributed by atoms with Crippen molar-refractivity contribution < 1.29 is 77.8 Å². The second kappa shape index (κ2) is 25.7. The van der Waals surface area contributed by atoms with E-state index in [0.717, 1.165) is 23.9 Å². The molecule has 5 heterocycles. The summed E-state index contributed by atoms with van der Waals surface area (Å²) in [5.41, 5.74) is -3.88. The molecule has 2 aromatic rings. The molecule has 21 nitrogen and oxygen atoms in total. The zero-order chi connectivity index (χ0) is 57.1. The molecule has 6 rings (SSSR count). The second-order valence-electron chi connectivity index (χ2n) is 23.4. The number of aliphatic hydroxyl groups excluding tert-OH is 2. The zero-order valence-electron chi connectivity index (χ0n) is 47.9. The molecule has 4 aliphatic heterocycles. The van der Waals surface area contributed by atoms with Crippen LogP contribution in [-0.4, -0.2) is 203 Å². The summed E-state index contributed by atoms with van der Waals surface area (Å²) in [5.74, 6) is -4.24. The lowest BCUT2D eigenvalue weighted by Gasteiger charge is -2.49. The van der Waals surface area contributed by atoms with Gasteiger partial charge in [0.15, 0.2) is 18.7 Å². The van der Waals surface area contributed by atoms with Gasteiger partial charge in [0.1, 0.15) is 47.4 Å². The number of carboxylic acid groups (broad SMARTS) is 1. The second-order valence-corrected chi connectivity index (χ2v) is 23.4. The van der Waals surface area contributed by atoms with Crippen LogP contribution in [0.15, 0.2) is 23.1 Å². The van der Waals surface area contributed by atoms with E-state index in [9.17, 15) is 44.7 Å². The van der Waals surface area contributed by atoms with Crippen molar-refractivity contribution in [3.63, 3.8) is 0 Å². The highest BCUT2D eigenvalue weighted by molar-refractivity contribution is 5.94. The molecule has 1 aromatic heterocycles. The molecule has 0 radical (unpaired) electrons. The van der Waals surface area contributed by atoms with Gasteiger partial charge in [-0.05, 0) is 125 Å². The van der Waals surface area contributed by atoms with Gasteiger partial charge >= 0.3 is 17.9 Å². The summed E-state index contributed by atoms with van der Waals surface area (Å²) in [5, 5.41) is 61.3. The van der Waals surface area contributed by atoms with Crippen molar-refractivity contribution in [2.75, 3.05) is 54.5 Å². The number of aliphatic hydroxyl groups is 4. The maximum absolute atomic E-state index is 14.6. The van der Waals surface area contributed by atoms with Gasteiger partial charge in [0.05, 0.1) is 53.3 Å². The van der Waals surface area contributed by atoms with Gasteiger partial charge in [-0.15, -0.1) is 0 Å². The lowest BCUT2D eigenvalue weighted by atomic mass is 9.77. The SMILES string of the molecule is CC[C@@H]1OC(=O)[C@H](C)[C@H](O[C@@H]2C[C@](C)(OC)[C@H](OC(=O)CCNCCOc3cc4c5c(c3)c(=O)c(C(=O)O)cn5CCC4)[C@H](C)O2)[C@@H](C)[C@H](O[C@@H]2O[C@H](C)C[C@H](N(C)C)[C@@H]2O)[C@](C)(O)C[C@H](C)CN(C)[C@H](C)[C@@H](O)[C@]1(C)O. The van der Waals surface area contributed by atoms with Crippen LogP contribution in [0, 0.1) is 17.8 Å². The monoisotopic (exact) mass is 1090 g/mol. The first-order valence-electron chi connectivity index (χ1n) is 27.6. The molecule has 3 fully saturated rings. The molecule has 0 bridgehead atoms. The van der Waals surface area contributed by atoms with Crippen molar-refractivity contribution in [2.24, 2.45) is 17.8 Å². The van der Waals surface area contributed by atoms with Gasteiger partial charge in [-0.25, -0.2) is 4.79 Å². The molecule has 6 N–H and O–H groups in total. The predicted molar refractivity (Wildman–Crippen MR) is 285 cm³/mol. The Morgan fingerprint density at radius 3 is 2.31 bits per heavy atom. The number of nitrogens with one attached hydrogen (secondary N) is 1. The fraction of sp³-hybridized carbons (Fsp3) is 0.786. The largest absolute Gasteiger partial charge is 0.492 e. The van der Waals surface area contributed by atoms with Crippen LogP contribution in [0.5, 0.6) is 5.75 Å². The van der Waals surface area contributed by atoms with Crippen LogP contribution >= 0.6 is 0 Å². The average molecular weight is 1090 g/mol. The highest BCUT2D eigenvalue weighted by atomic mass is 16.7. The number of methoxy groups -OCH3 is 1. The van der Waals surface area contributed by atoms with Gasteiger partial charge in [-0.3, -0.25) is 14.4 Å².